The predicted octanol–water partition coefficient (Wildman–Crippen LogP) is 2.93. The number of methoxy groups -OCH3 is 1. The SMILES string of the molecule is COc1cc2c(cc1-c1c(C)noc1C)cc(C(=O)N1CCC(O)C1)c(=O)n2Cc1ccccn1. The Morgan fingerprint density at radius 3 is 2.71 bits per heavy atom. The van der Waals surface area contributed by atoms with Gasteiger partial charge in [0.15, 0.2) is 0 Å². The van der Waals surface area contributed by atoms with E-state index in [0.29, 0.717) is 46.8 Å². The van der Waals surface area contributed by atoms with Crippen molar-refractivity contribution in [3.8, 4) is 16.9 Å². The Bertz CT molecular complexity index is 1460. The molecule has 0 spiro atoms. The number of β-amino-alcohol motifs (C(OH)–C–C–N with tert-alkyl or cyclic N) is 1. The van der Waals surface area contributed by atoms with Gasteiger partial charge in [-0.15, -0.1) is 0 Å². The maximum Gasteiger partial charge on any atom is 0.264 e. The van der Waals surface area contributed by atoms with E-state index in [1.165, 1.54) is 4.90 Å². The molecule has 9 nitrogen and oxygen atoms in total. The van der Waals surface area contributed by atoms with Crippen LogP contribution < -0.4 is 10.3 Å². The van der Waals surface area contributed by atoms with E-state index in [2.05, 4.69) is 10.1 Å². The first-order valence-electron chi connectivity index (χ1n) is 11.4. The van der Waals surface area contributed by atoms with E-state index in [9.17, 15) is 14.7 Å². The summed E-state index contributed by atoms with van der Waals surface area (Å²) in [6.45, 7) is 4.49. The van der Waals surface area contributed by atoms with Gasteiger partial charge < -0.3 is 23.8 Å². The van der Waals surface area contributed by atoms with Crippen LogP contribution >= 0.6 is 0 Å². The van der Waals surface area contributed by atoms with Gasteiger partial charge in [0.1, 0.15) is 17.1 Å². The average molecular weight is 475 g/mol. The second-order valence-electron chi connectivity index (χ2n) is 8.77. The van der Waals surface area contributed by atoms with Crippen LogP contribution in [-0.4, -0.2) is 56.9 Å². The minimum Gasteiger partial charge on any atom is -0.496 e. The van der Waals surface area contributed by atoms with Crippen LogP contribution in [0.4, 0.5) is 0 Å². The second-order valence-corrected chi connectivity index (χ2v) is 8.77. The minimum atomic E-state index is -0.578. The molecular formula is C26H26N4O5. The van der Waals surface area contributed by atoms with Crippen molar-refractivity contribution in [1.29, 1.82) is 0 Å². The van der Waals surface area contributed by atoms with Gasteiger partial charge in [-0.1, -0.05) is 11.2 Å². The molecule has 4 aromatic rings. The van der Waals surface area contributed by atoms with Crippen LogP contribution in [-0.2, 0) is 6.54 Å². The highest BCUT2D eigenvalue weighted by atomic mass is 16.5. The number of aromatic nitrogens is 3. The number of rotatable bonds is 5. The molecule has 1 aliphatic rings. The summed E-state index contributed by atoms with van der Waals surface area (Å²) < 4.78 is 12.6. The molecule has 0 aliphatic carbocycles. The topological polar surface area (TPSA) is 111 Å². The average Bonchev–Trinajstić information content (AvgIpc) is 3.44. The first-order valence-corrected chi connectivity index (χ1v) is 11.4. The molecule has 1 fully saturated rings. The molecule has 1 amide bonds. The molecule has 1 aromatic carbocycles. The molecule has 0 saturated carbocycles. The van der Waals surface area contributed by atoms with Gasteiger partial charge in [-0.3, -0.25) is 14.6 Å². The normalized spacial score (nSPS) is 15.7. The van der Waals surface area contributed by atoms with E-state index in [0.717, 1.165) is 11.1 Å². The van der Waals surface area contributed by atoms with Crippen molar-refractivity contribution in [1.82, 2.24) is 19.6 Å². The first-order chi connectivity index (χ1) is 16.9. The Hall–Kier alpha value is -3.98. The summed E-state index contributed by atoms with van der Waals surface area (Å²) >= 11 is 0. The van der Waals surface area contributed by atoms with Gasteiger partial charge in [-0.25, -0.2) is 0 Å². The molecule has 5 rings (SSSR count). The monoisotopic (exact) mass is 474 g/mol. The van der Waals surface area contributed by atoms with Crippen LogP contribution in [0.25, 0.3) is 22.0 Å². The number of benzene rings is 1. The number of carbonyl (C=O) groups is 1. The molecule has 180 valence electrons. The van der Waals surface area contributed by atoms with Gasteiger partial charge in [-0.2, -0.15) is 0 Å². The van der Waals surface area contributed by atoms with Crippen LogP contribution in [0, 0.1) is 13.8 Å². The van der Waals surface area contributed by atoms with Crippen LogP contribution in [0.1, 0.15) is 33.9 Å². The van der Waals surface area contributed by atoms with Crippen LogP contribution in [0.2, 0.25) is 0 Å². The minimum absolute atomic E-state index is 0.0532. The molecule has 3 aromatic heterocycles. The van der Waals surface area contributed by atoms with Gasteiger partial charge in [0.25, 0.3) is 11.5 Å². The number of pyridine rings is 2. The highest BCUT2D eigenvalue weighted by Gasteiger charge is 2.28. The number of nitrogens with zero attached hydrogens (tertiary/aromatic N) is 4. The lowest BCUT2D eigenvalue weighted by Gasteiger charge is -2.19. The molecule has 1 N–H and O–H groups in total. The third-order valence-corrected chi connectivity index (χ3v) is 6.44. The molecule has 0 bridgehead atoms. The number of fused-ring (bicyclic) bond motifs is 1. The maximum atomic E-state index is 13.6. The zero-order valence-corrected chi connectivity index (χ0v) is 19.8. The van der Waals surface area contributed by atoms with E-state index in [1.54, 1.807) is 30.0 Å². The fourth-order valence-electron chi connectivity index (χ4n) is 4.70. The molecule has 1 aliphatic heterocycles. The molecule has 1 saturated heterocycles. The van der Waals surface area contributed by atoms with Gasteiger partial charge in [0, 0.05) is 36.3 Å². The zero-order chi connectivity index (χ0) is 24.7. The second kappa shape index (κ2) is 8.99. The Morgan fingerprint density at radius 2 is 2.09 bits per heavy atom. The summed E-state index contributed by atoms with van der Waals surface area (Å²) in [4.78, 5) is 32.9. The number of aryl methyl sites for hydroxylation is 2. The lowest BCUT2D eigenvalue weighted by molar-refractivity contribution is 0.0763. The predicted molar refractivity (Wildman–Crippen MR) is 130 cm³/mol. The van der Waals surface area contributed by atoms with Gasteiger partial charge in [0.2, 0.25) is 0 Å². The van der Waals surface area contributed by atoms with E-state index >= 15 is 0 Å². The Labute approximate surface area is 201 Å². The van der Waals surface area contributed by atoms with Gasteiger partial charge >= 0.3 is 0 Å². The fourth-order valence-corrected chi connectivity index (χ4v) is 4.70. The highest BCUT2D eigenvalue weighted by Crippen LogP contribution is 2.37. The molecule has 9 heteroatoms. The highest BCUT2D eigenvalue weighted by molar-refractivity contribution is 5.99. The third-order valence-electron chi connectivity index (χ3n) is 6.44. The summed E-state index contributed by atoms with van der Waals surface area (Å²) in [6.07, 6.45) is 1.58. The van der Waals surface area contributed by atoms with Gasteiger partial charge in [-0.05, 0) is 44.5 Å². The summed E-state index contributed by atoms with van der Waals surface area (Å²) in [7, 11) is 1.57. The number of aliphatic hydroxyl groups excluding tert-OH is 1. The molecule has 0 radical (unpaired) electrons. The number of ether oxygens (including phenoxy) is 1. The smallest absolute Gasteiger partial charge is 0.264 e. The Balaban J connectivity index is 1.75. The van der Waals surface area contributed by atoms with Crippen LogP contribution in [0.15, 0.2) is 51.9 Å². The summed E-state index contributed by atoms with van der Waals surface area (Å²) in [5.74, 6) is 0.810. The number of aliphatic hydroxyl groups is 1. The van der Waals surface area contributed by atoms with Crippen molar-refractivity contribution < 1.29 is 19.2 Å². The van der Waals surface area contributed by atoms with E-state index in [1.807, 2.05) is 38.1 Å². The zero-order valence-electron chi connectivity index (χ0n) is 19.8. The molecule has 1 atom stereocenters. The van der Waals surface area contributed by atoms with Crippen molar-refractivity contribution >= 4 is 16.8 Å². The summed E-state index contributed by atoms with van der Waals surface area (Å²) in [5.41, 5.74) is 3.22. The van der Waals surface area contributed by atoms with Crippen LogP contribution in [0.5, 0.6) is 5.75 Å². The quantitative estimate of drug-likeness (QED) is 0.473. The summed E-state index contributed by atoms with van der Waals surface area (Å²) in [6, 6.07) is 10.8. The maximum absolute atomic E-state index is 13.6. The van der Waals surface area contributed by atoms with E-state index < -0.39 is 17.6 Å². The van der Waals surface area contributed by atoms with Crippen LogP contribution in [0.3, 0.4) is 0 Å². The number of hydrogen-bond donors (Lipinski definition) is 1. The molecule has 4 heterocycles. The summed E-state index contributed by atoms with van der Waals surface area (Å²) in [5, 5.41) is 14.7. The fraction of sp³-hybridized carbons (Fsp3) is 0.308. The van der Waals surface area contributed by atoms with Gasteiger partial charge in [0.05, 0.1) is 42.2 Å². The van der Waals surface area contributed by atoms with Crippen molar-refractivity contribution in [2.45, 2.75) is 32.9 Å². The number of likely N-dealkylation sites (tertiary alicyclic amines) is 1. The molecular weight excluding hydrogens is 448 g/mol. The first kappa shape index (κ1) is 22.8. The number of hydrogen-bond acceptors (Lipinski definition) is 7. The molecule has 1 unspecified atom stereocenters. The lowest BCUT2D eigenvalue weighted by Crippen LogP contribution is -2.36. The number of amides is 1. The third kappa shape index (κ3) is 4.08. The Kier molecular flexibility index (Phi) is 5.86. The van der Waals surface area contributed by atoms with Crippen molar-refractivity contribution in [3.05, 3.63) is 75.7 Å². The van der Waals surface area contributed by atoms with Crippen molar-refractivity contribution in [2.75, 3.05) is 20.2 Å². The van der Waals surface area contributed by atoms with Crippen molar-refractivity contribution in [3.63, 3.8) is 0 Å². The van der Waals surface area contributed by atoms with Crippen molar-refractivity contribution in [2.24, 2.45) is 0 Å². The Morgan fingerprint density at radius 1 is 1.26 bits per heavy atom. The largest absolute Gasteiger partial charge is 0.496 e. The van der Waals surface area contributed by atoms with E-state index in [-0.39, 0.29) is 18.7 Å². The lowest BCUT2D eigenvalue weighted by atomic mass is 9.99. The molecule has 35 heavy (non-hydrogen) atoms. The standard InChI is InChI=1S/C26H26N4O5/c1-15-24(16(2)35-28-15)20-10-17-11-21(25(32)29-9-7-19(31)14-29)26(33)30(22(17)12-23(20)34-3)13-18-6-4-5-8-27-18/h4-6,8,10-12,19,31H,7,9,13-14H2,1-3H3. The number of carbonyl (C=O) groups excluding carboxylic acids is 1. The van der Waals surface area contributed by atoms with E-state index in [4.69, 9.17) is 9.26 Å².